The van der Waals surface area contributed by atoms with Crippen molar-refractivity contribution in [3.05, 3.63) is 60.6 Å². The van der Waals surface area contributed by atoms with Gasteiger partial charge >= 0.3 is 6.18 Å². The van der Waals surface area contributed by atoms with E-state index in [2.05, 4.69) is 15.0 Å². The van der Waals surface area contributed by atoms with Crippen LogP contribution < -0.4 is 0 Å². The number of imidazole rings is 1. The molecule has 3 nitrogen and oxygen atoms in total. The number of benzene rings is 1. The molecule has 106 valence electrons. The Morgan fingerprint density at radius 3 is 2.29 bits per heavy atom. The van der Waals surface area contributed by atoms with Crippen molar-refractivity contribution in [3.63, 3.8) is 0 Å². The van der Waals surface area contributed by atoms with E-state index >= 15 is 0 Å². The zero-order valence-electron chi connectivity index (χ0n) is 10.7. The monoisotopic (exact) mass is 289 g/mol. The summed E-state index contributed by atoms with van der Waals surface area (Å²) in [4.78, 5) is 11.3. The molecule has 2 heterocycles. The summed E-state index contributed by atoms with van der Waals surface area (Å²) in [6.07, 6.45) is 0.580. The number of H-pyrrole nitrogens is 1. The van der Waals surface area contributed by atoms with Crippen LogP contribution >= 0.6 is 0 Å². The average molecular weight is 289 g/mol. The molecule has 0 unspecified atom stereocenters. The van der Waals surface area contributed by atoms with Crippen molar-refractivity contribution >= 4 is 0 Å². The maximum Gasteiger partial charge on any atom is 0.416 e. The number of alkyl halides is 3. The van der Waals surface area contributed by atoms with Gasteiger partial charge in [-0.05, 0) is 29.8 Å². The first-order valence-electron chi connectivity index (χ1n) is 6.17. The van der Waals surface area contributed by atoms with Crippen LogP contribution in [0.15, 0.2) is 55.0 Å². The highest BCUT2D eigenvalue weighted by molar-refractivity contribution is 5.64. The number of hydrogen-bond donors (Lipinski definition) is 1. The Balaban J connectivity index is 1.90. The van der Waals surface area contributed by atoms with Gasteiger partial charge in [-0.2, -0.15) is 13.2 Å². The highest BCUT2D eigenvalue weighted by atomic mass is 19.4. The Kier molecular flexibility index (Phi) is 3.21. The summed E-state index contributed by atoms with van der Waals surface area (Å²) >= 11 is 0. The molecule has 0 saturated carbocycles. The Bertz CT molecular complexity index is 731. The molecule has 2 aromatic heterocycles. The van der Waals surface area contributed by atoms with Gasteiger partial charge in [0.15, 0.2) is 0 Å². The third-order valence-corrected chi connectivity index (χ3v) is 3.03. The first-order chi connectivity index (χ1) is 10.0. The van der Waals surface area contributed by atoms with Gasteiger partial charge in [-0.15, -0.1) is 0 Å². The Labute approximate surface area is 118 Å². The van der Waals surface area contributed by atoms with E-state index in [1.807, 2.05) is 6.07 Å². The van der Waals surface area contributed by atoms with Crippen LogP contribution in [0.4, 0.5) is 13.2 Å². The molecule has 6 heteroatoms. The topological polar surface area (TPSA) is 41.6 Å². The predicted molar refractivity (Wildman–Crippen MR) is 72.3 cm³/mol. The number of pyridine rings is 1. The maximum absolute atomic E-state index is 12.5. The van der Waals surface area contributed by atoms with Crippen LogP contribution in [-0.4, -0.2) is 15.0 Å². The van der Waals surface area contributed by atoms with E-state index in [4.69, 9.17) is 0 Å². The number of halogens is 3. The molecular formula is C15H10F3N3. The van der Waals surface area contributed by atoms with Gasteiger partial charge in [-0.3, -0.25) is 4.98 Å². The number of aromatic nitrogens is 3. The lowest BCUT2D eigenvalue weighted by Gasteiger charge is -2.06. The lowest BCUT2D eigenvalue weighted by Crippen LogP contribution is -2.03. The van der Waals surface area contributed by atoms with Crippen LogP contribution in [0.2, 0.25) is 0 Å². The van der Waals surface area contributed by atoms with Gasteiger partial charge in [-0.25, -0.2) is 4.98 Å². The van der Waals surface area contributed by atoms with Crippen molar-refractivity contribution in [1.82, 2.24) is 15.0 Å². The highest BCUT2D eigenvalue weighted by Gasteiger charge is 2.30. The lowest BCUT2D eigenvalue weighted by atomic mass is 10.1. The Morgan fingerprint density at radius 1 is 0.905 bits per heavy atom. The number of nitrogens with one attached hydrogen (secondary N) is 1. The summed E-state index contributed by atoms with van der Waals surface area (Å²) in [6.45, 7) is 0. The summed E-state index contributed by atoms with van der Waals surface area (Å²) in [5.74, 6) is 0.623. The zero-order chi connectivity index (χ0) is 14.9. The standard InChI is InChI=1S/C15H10F3N3/c16-15(17,18)12-5-3-10(4-6-12)13-9-20-14(21-13)11-2-1-7-19-8-11/h1-9H,(H,20,21). The molecule has 21 heavy (non-hydrogen) atoms. The third-order valence-electron chi connectivity index (χ3n) is 3.03. The first kappa shape index (κ1) is 13.4. The van der Waals surface area contributed by atoms with Crippen LogP contribution in [0.1, 0.15) is 5.56 Å². The minimum atomic E-state index is -4.33. The Hall–Kier alpha value is -2.63. The molecule has 0 aliphatic carbocycles. The zero-order valence-corrected chi connectivity index (χ0v) is 10.7. The number of hydrogen-bond acceptors (Lipinski definition) is 2. The second-order valence-corrected chi connectivity index (χ2v) is 4.46. The normalized spacial score (nSPS) is 11.6. The molecule has 0 amide bonds. The molecule has 3 rings (SSSR count). The molecule has 0 atom stereocenters. The molecule has 0 aliphatic rings. The highest BCUT2D eigenvalue weighted by Crippen LogP contribution is 2.31. The van der Waals surface area contributed by atoms with Crippen molar-refractivity contribution in [2.75, 3.05) is 0 Å². The molecular weight excluding hydrogens is 279 g/mol. The largest absolute Gasteiger partial charge is 0.416 e. The second-order valence-electron chi connectivity index (χ2n) is 4.46. The fourth-order valence-electron chi connectivity index (χ4n) is 1.96. The van der Waals surface area contributed by atoms with Crippen molar-refractivity contribution in [1.29, 1.82) is 0 Å². The molecule has 0 bridgehead atoms. The van der Waals surface area contributed by atoms with Gasteiger partial charge in [0.25, 0.3) is 0 Å². The molecule has 0 saturated heterocycles. The summed E-state index contributed by atoms with van der Waals surface area (Å²) in [7, 11) is 0. The van der Waals surface area contributed by atoms with Gasteiger partial charge in [0.2, 0.25) is 0 Å². The molecule has 1 N–H and O–H groups in total. The van der Waals surface area contributed by atoms with Gasteiger partial charge in [-0.1, -0.05) is 12.1 Å². The lowest BCUT2D eigenvalue weighted by molar-refractivity contribution is -0.137. The van der Waals surface area contributed by atoms with E-state index in [-0.39, 0.29) is 0 Å². The molecule has 0 fully saturated rings. The first-order valence-corrected chi connectivity index (χ1v) is 6.17. The third kappa shape index (κ3) is 2.79. The fourth-order valence-corrected chi connectivity index (χ4v) is 1.96. The van der Waals surface area contributed by atoms with Gasteiger partial charge in [0.1, 0.15) is 5.82 Å². The van der Waals surface area contributed by atoms with Crippen molar-refractivity contribution in [2.45, 2.75) is 6.18 Å². The molecule has 1 aromatic carbocycles. The average Bonchev–Trinajstić information content (AvgIpc) is 2.97. The minimum absolute atomic E-state index is 0.623. The summed E-state index contributed by atoms with van der Waals surface area (Å²) < 4.78 is 37.6. The maximum atomic E-state index is 12.5. The summed E-state index contributed by atoms with van der Waals surface area (Å²) in [5, 5.41) is 0. The Morgan fingerprint density at radius 2 is 1.67 bits per heavy atom. The van der Waals surface area contributed by atoms with Gasteiger partial charge in [0, 0.05) is 18.0 Å². The summed E-state index contributed by atoms with van der Waals surface area (Å²) in [5.41, 5.74) is 1.45. The molecule has 0 radical (unpaired) electrons. The van der Waals surface area contributed by atoms with Crippen LogP contribution in [0.25, 0.3) is 22.6 Å². The van der Waals surface area contributed by atoms with E-state index in [0.29, 0.717) is 17.1 Å². The van der Waals surface area contributed by atoms with E-state index in [1.165, 1.54) is 12.1 Å². The van der Waals surface area contributed by atoms with Gasteiger partial charge < -0.3 is 4.98 Å². The number of nitrogens with zero attached hydrogens (tertiary/aromatic N) is 2. The van der Waals surface area contributed by atoms with E-state index in [9.17, 15) is 13.2 Å². The number of rotatable bonds is 2. The fraction of sp³-hybridized carbons (Fsp3) is 0.0667. The van der Waals surface area contributed by atoms with E-state index in [1.54, 1.807) is 24.7 Å². The molecule has 0 spiro atoms. The van der Waals surface area contributed by atoms with Crippen molar-refractivity contribution < 1.29 is 13.2 Å². The smallest absolute Gasteiger partial charge is 0.338 e. The summed E-state index contributed by atoms with van der Waals surface area (Å²) in [6, 6.07) is 8.59. The van der Waals surface area contributed by atoms with Crippen LogP contribution in [0.5, 0.6) is 0 Å². The van der Waals surface area contributed by atoms with E-state index in [0.717, 1.165) is 17.7 Å². The predicted octanol–water partition coefficient (Wildman–Crippen LogP) is 4.16. The molecule has 0 aliphatic heterocycles. The van der Waals surface area contributed by atoms with Gasteiger partial charge in [0.05, 0.1) is 17.5 Å². The van der Waals surface area contributed by atoms with Crippen molar-refractivity contribution in [3.8, 4) is 22.6 Å². The van der Waals surface area contributed by atoms with Crippen LogP contribution in [-0.2, 0) is 6.18 Å². The second kappa shape index (κ2) is 5.05. The number of aromatic amines is 1. The van der Waals surface area contributed by atoms with E-state index < -0.39 is 11.7 Å². The van der Waals surface area contributed by atoms with Crippen molar-refractivity contribution in [2.24, 2.45) is 0 Å². The molecule has 3 aromatic rings. The van der Waals surface area contributed by atoms with Crippen LogP contribution in [0, 0.1) is 0 Å². The van der Waals surface area contributed by atoms with Crippen LogP contribution in [0.3, 0.4) is 0 Å². The quantitative estimate of drug-likeness (QED) is 0.769. The minimum Gasteiger partial charge on any atom is -0.338 e. The SMILES string of the molecule is FC(F)(F)c1ccc(-c2cnc(-c3cccnc3)[nH]2)cc1.